The Balaban J connectivity index is 1.62. The van der Waals surface area contributed by atoms with Crippen LogP contribution in [0.4, 0.5) is 23.0 Å². The number of aryl methyl sites for hydroxylation is 2. The van der Waals surface area contributed by atoms with Crippen molar-refractivity contribution in [2.75, 3.05) is 43.4 Å². The molecular weight excluding hydrogens is 330 g/mol. The summed E-state index contributed by atoms with van der Waals surface area (Å²) in [6.45, 7) is 3.68. The fourth-order valence-corrected chi connectivity index (χ4v) is 3.68. The lowest BCUT2D eigenvalue weighted by molar-refractivity contribution is -0.384. The summed E-state index contributed by atoms with van der Waals surface area (Å²) in [4.78, 5) is 20.1. The molecule has 4 rings (SSSR count). The topological polar surface area (TPSA) is 74.5 Å². The van der Waals surface area contributed by atoms with Crippen molar-refractivity contribution in [2.24, 2.45) is 0 Å². The third-order valence-electron chi connectivity index (χ3n) is 5.24. The highest BCUT2D eigenvalue weighted by Crippen LogP contribution is 2.31. The number of nitrogens with one attached hydrogen (secondary N) is 1. The van der Waals surface area contributed by atoms with Crippen molar-refractivity contribution in [2.45, 2.75) is 19.3 Å². The molecular formula is C19H23N5O2. The van der Waals surface area contributed by atoms with Crippen LogP contribution in [0, 0.1) is 10.1 Å². The van der Waals surface area contributed by atoms with E-state index in [1.54, 1.807) is 12.1 Å². The number of nitrogens with zero attached hydrogens (tertiary/aromatic N) is 4. The summed E-state index contributed by atoms with van der Waals surface area (Å²) in [5.41, 5.74) is 3.57. The van der Waals surface area contributed by atoms with Gasteiger partial charge in [0, 0.05) is 37.9 Å². The second-order valence-corrected chi connectivity index (χ2v) is 7.05. The van der Waals surface area contributed by atoms with E-state index in [2.05, 4.69) is 39.3 Å². The molecule has 0 amide bonds. The predicted octanol–water partition coefficient (Wildman–Crippen LogP) is 2.97. The lowest BCUT2D eigenvalue weighted by Gasteiger charge is -2.33. The van der Waals surface area contributed by atoms with Crippen molar-refractivity contribution in [3.63, 3.8) is 0 Å². The van der Waals surface area contributed by atoms with Gasteiger partial charge in [-0.15, -0.1) is 0 Å². The zero-order valence-corrected chi connectivity index (χ0v) is 14.9. The minimum Gasteiger partial charge on any atom is -0.354 e. The van der Waals surface area contributed by atoms with Gasteiger partial charge in [-0.25, -0.2) is 4.98 Å². The van der Waals surface area contributed by atoms with Crippen LogP contribution in [0.2, 0.25) is 0 Å². The van der Waals surface area contributed by atoms with E-state index in [9.17, 15) is 10.1 Å². The van der Waals surface area contributed by atoms with Crippen LogP contribution in [0.3, 0.4) is 0 Å². The molecule has 0 bridgehead atoms. The summed E-state index contributed by atoms with van der Waals surface area (Å²) < 4.78 is 0. The van der Waals surface area contributed by atoms with E-state index in [4.69, 9.17) is 0 Å². The maximum absolute atomic E-state index is 11.4. The van der Waals surface area contributed by atoms with Crippen LogP contribution in [0.1, 0.15) is 17.5 Å². The summed E-state index contributed by atoms with van der Waals surface area (Å²) in [5, 5.41) is 14.6. The fraction of sp³-hybridized carbons (Fsp3) is 0.421. The van der Waals surface area contributed by atoms with Gasteiger partial charge in [-0.2, -0.15) is 0 Å². The van der Waals surface area contributed by atoms with Gasteiger partial charge >= 0.3 is 5.69 Å². The first-order chi connectivity index (χ1) is 12.6. The first kappa shape index (κ1) is 16.8. The Hall–Kier alpha value is -2.67. The number of likely N-dealkylation sites (N-methyl/N-ethyl adjacent to an activating group) is 1. The molecule has 1 aromatic heterocycles. The molecule has 0 atom stereocenters. The Morgan fingerprint density at radius 1 is 1.08 bits per heavy atom. The molecule has 2 aromatic rings. The smallest absolute Gasteiger partial charge is 0.311 e. The van der Waals surface area contributed by atoms with E-state index in [0.29, 0.717) is 5.82 Å². The average molecular weight is 353 g/mol. The van der Waals surface area contributed by atoms with Crippen LogP contribution < -0.4 is 10.2 Å². The number of pyridine rings is 1. The molecule has 1 aliphatic heterocycles. The molecule has 26 heavy (non-hydrogen) atoms. The first-order valence-electron chi connectivity index (χ1n) is 9.08. The Morgan fingerprint density at radius 3 is 2.62 bits per heavy atom. The van der Waals surface area contributed by atoms with E-state index >= 15 is 0 Å². The summed E-state index contributed by atoms with van der Waals surface area (Å²) in [7, 11) is 2.10. The minimum absolute atomic E-state index is 0.00313. The molecule has 136 valence electrons. The molecule has 1 N–H and O–H groups in total. The number of fused-ring (bicyclic) bond motifs is 1. The van der Waals surface area contributed by atoms with Crippen LogP contribution >= 0.6 is 0 Å². The SMILES string of the molecule is CN1CCN(c2ccc([N+](=O)[O-])c(Nc3ccc4c(c3)CCC4)n2)CC1. The molecule has 1 aromatic carbocycles. The summed E-state index contributed by atoms with van der Waals surface area (Å²) >= 11 is 0. The van der Waals surface area contributed by atoms with Gasteiger partial charge < -0.3 is 15.1 Å². The highest BCUT2D eigenvalue weighted by atomic mass is 16.6. The standard InChI is InChI=1S/C19H23N5O2/c1-22-9-11-23(12-10-22)18-8-7-17(24(25)26)19(21-18)20-16-6-5-14-3-2-4-15(14)13-16/h5-8,13H,2-4,9-12H2,1H3,(H,20,21). The van der Waals surface area contributed by atoms with Crippen molar-refractivity contribution in [3.05, 3.63) is 51.6 Å². The van der Waals surface area contributed by atoms with Crippen LogP contribution in [-0.2, 0) is 12.8 Å². The van der Waals surface area contributed by atoms with Gasteiger partial charge in [0.2, 0.25) is 5.82 Å². The molecule has 0 saturated carbocycles. The molecule has 1 fully saturated rings. The number of piperazine rings is 1. The summed E-state index contributed by atoms with van der Waals surface area (Å²) in [6.07, 6.45) is 3.37. The van der Waals surface area contributed by atoms with E-state index in [1.807, 2.05) is 6.07 Å². The number of anilines is 3. The minimum atomic E-state index is -0.379. The molecule has 1 saturated heterocycles. The maximum Gasteiger partial charge on any atom is 0.311 e. The van der Waals surface area contributed by atoms with Crippen molar-refractivity contribution >= 4 is 23.0 Å². The Bertz CT molecular complexity index is 831. The number of nitro groups is 1. The zero-order chi connectivity index (χ0) is 18.1. The molecule has 0 spiro atoms. The van der Waals surface area contributed by atoms with Crippen molar-refractivity contribution in [3.8, 4) is 0 Å². The van der Waals surface area contributed by atoms with Crippen LogP contribution in [0.25, 0.3) is 0 Å². The van der Waals surface area contributed by atoms with Crippen LogP contribution in [-0.4, -0.2) is 48.0 Å². The van der Waals surface area contributed by atoms with Crippen LogP contribution in [0.5, 0.6) is 0 Å². The van der Waals surface area contributed by atoms with E-state index in [-0.39, 0.29) is 10.6 Å². The maximum atomic E-state index is 11.4. The molecule has 7 heteroatoms. The zero-order valence-electron chi connectivity index (χ0n) is 14.9. The molecule has 0 radical (unpaired) electrons. The number of aromatic nitrogens is 1. The average Bonchev–Trinajstić information content (AvgIpc) is 3.10. The number of hydrogen-bond donors (Lipinski definition) is 1. The Morgan fingerprint density at radius 2 is 1.85 bits per heavy atom. The Kier molecular flexibility index (Phi) is 4.46. The van der Waals surface area contributed by atoms with Gasteiger partial charge in [0.15, 0.2) is 0 Å². The summed E-state index contributed by atoms with van der Waals surface area (Å²) in [6, 6.07) is 9.49. The fourth-order valence-electron chi connectivity index (χ4n) is 3.68. The van der Waals surface area contributed by atoms with Gasteiger partial charge in [0.1, 0.15) is 5.82 Å². The van der Waals surface area contributed by atoms with Crippen molar-refractivity contribution < 1.29 is 4.92 Å². The normalized spacial score (nSPS) is 17.2. The summed E-state index contributed by atoms with van der Waals surface area (Å²) in [5.74, 6) is 1.09. The highest BCUT2D eigenvalue weighted by molar-refractivity contribution is 5.68. The van der Waals surface area contributed by atoms with Gasteiger partial charge in [0.25, 0.3) is 0 Å². The van der Waals surface area contributed by atoms with Gasteiger partial charge in [-0.05, 0) is 55.6 Å². The third kappa shape index (κ3) is 3.35. The van der Waals surface area contributed by atoms with E-state index in [0.717, 1.165) is 50.5 Å². The van der Waals surface area contributed by atoms with Gasteiger partial charge in [-0.1, -0.05) is 6.07 Å². The third-order valence-corrected chi connectivity index (χ3v) is 5.24. The van der Waals surface area contributed by atoms with Crippen molar-refractivity contribution in [1.82, 2.24) is 9.88 Å². The second kappa shape index (κ2) is 6.92. The molecule has 1 aliphatic carbocycles. The monoisotopic (exact) mass is 353 g/mol. The molecule has 7 nitrogen and oxygen atoms in total. The van der Waals surface area contributed by atoms with E-state index < -0.39 is 0 Å². The van der Waals surface area contributed by atoms with Crippen molar-refractivity contribution in [1.29, 1.82) is 0 Å². The van der Waals surface area contributed by atoms with Crippen LogP contribution in [0.15, 0.2) is 30.3 Å². The second-order valence-electron chi connectivity index (χ2n) is 7.05. The van der Waals surface area contributed by atoms with Gasteiger partial charge in [-0.3, -0.25) is 10.1 Å². The molecule has 0 unspecified atom stereocenters. The first-order valence-corrected chi connectivity index (χ1v) is 9.08. The number of benzene rings is 1. The lowest BCUT2D eigenvalue weighted by atomic mass is 10.1. The highest BCUT2D eigenvalue weighted by Gasteiger charge is 2.21. The molecule has 2 heterocycles. The van der Waals surface area contributed by atoms with E-state index in [1.165, 1.54) is 17.5 Å². The Labute approximate surface area is 152 Å². The largest absolute Gasteiger partial charge is 0.354 e. The quantitative estimate of drug-likeness (QED) is 0.673. The lowest BCUT2D eigenvalue weighted by Crippen LogP contribution is -2.44. The molecule has 2 aliphatic rings. The van der Waals surface area contributed by atoms with Gasteiger partial charge in [0.05, 0.1) is 4.92 Å². The number of hydrogen-bond acceptors (Lipinski definition) is 6. The number of rotatable bonds is 4. The predicted molar refractivity (Wildman–Crippen MR) is 102 cm³/mol.